The van der Waals surface area contributed by atoms with Gasteiger partial charge in [0.25, 0.3) is 0 Å². The summed E-state index contributed by atoms with van der Waals surface area (Å²) in [4.78, 5) is 4.37. The van der Waals surface area contributed by atoms with Gasteiger partial charge in [-0.25, -0.2) is 0 Å². The third kappa shape index (κ3) is 1.51. The highest BCUT2D eigenvalue weighted by atomic mass is 15.1. The van der Waals surface area contributed by atoms with Crippen molar-refractivity contribution in [2.75, 3.05) is 0 Å². The largest absolute Gasteiger partial charge is 0.331 e. The number of fused-ring (bicyclic) bond motifs is 3. The predicted octanol–water partition coefficient (Wildman–Crippen LogP) is 2.87. The molecule has 1 unspecified atom stereocenters. The van der Waals surface area contributed by atoms with Crippen molar-refractivity contribution in [1.29, 1.82) is 0 Å². The summed E-state index contributed by atoms with van der Waals surface area (Å²) in [6, 6.07) is 10.3. The summed E-state index contributed by atoms with van der Waals surface area (Å²) in [6.45, 7) is 1.97. The van der Waals surface area contributed by atoms with E-state index in [1.807, 2.05) is 37.9 Å². The number of nitrogens with two attached hydrogens (primary N) is 1. The van der Waals surface area contributed by atoms with Gasteiger partial charge in [0.05, 0.1) is 17.2 Å². The molecule has 0 saturated carbocycles. The summed E-state index contributed by atoms with van der Waals surface area (Å²) in [5.74, 6) is 0. The Morgan fingerprint density at radius 2 is 2.18 bits per heavy atom. The molecule has 3 nitrogen and oxygen atoms in total. The molecule has 0 saturated heterocycles. The Balaban J connectivity index is 2.42. The molecule has 3 heteroatoms. The lowest BCUT2D eigenvalue weighted by molar-refractivity contribution is 0.614. The van der Waals surface area contributed by atoms with Crippen molar-refractivity contribution in [3.63, 3.8) is 0 Å². The van der Waals surface area contributed by atoms with Gasteiger partial charge in [0.1, 0.15) is 0 Å². The Labute approximate surface area is 99.9 Å². The number of aromatic nitrogens is 2. The maximum atomic E-state index is 6.08. The van der Waals surface area contributed by atoms with Crippen LogP contribution in [-0.2, 0) is 0 Å². The van der Waals surface area contributed by atoms with E-state index in [9.17, 15) is 0 Å². The first-order valence-corrected chi connectivity index (χ1v) is 5.70. The molecule has 85 valence electrons. The van der Waals surface area contributed by atoms with Crippen molar-refractivity contribution in [2.24, 2.45) is 5.73 Å². The molecule has 0 fully saturated rings. The zero-order valence-electron chi connectivity index (χ0n) is 9.67. The van der Waals surface area contributed by atoms with Crippen LogP contribution in [0.5, 0.6) is 0 Å². The maximum absolute atomic E-state index is 6.08. The fraction of sp³-hybridized carbons (Fsp3) is 0.143. The van der Waals surface area contributed by atoms with E-state index < -0.39 is 0 Å². The van der Waals surface area contributed by atoms with Crippen LogP contribution >= 0.6 is 0 Å². The SMILES string of the molecule is C[CH]C(N)n1ccc2ccc3ncccc3c21. The van der Waals surface area contributed by atoms with Crippen LogP contribution in [-0.4, -0.2) is 9.55 Å². The molecule has 1 atom stereocenters. The second-order valence-electron chi connectivity index (χ2n) is 4.12. The zero-order chi connectivity index (χ0) is 11.8. The van der Waals surface area contributed by atoms with Crippen molar-refractivity contribution >= 4 is 21.8 Å². The normalized spacial score (nSPS) is 13.3. The van der Waals surface area contributed by atoms with Gasteiger partial charge in [-0.05, 0) is 30.7 Å². The summed E-state index contributed by atoms with van der Waals surface area (Å²) in [5, 5.41) is 2.34. The summed E-state index contributed by atoms with van der Waals surface area (Å²) in [6.07, 6.45) is 5.72. The molecular weight excluding hydrogens is 210 g/mol. The molecule has 0 aliphatic carbocycles. The average molecular weight is 224 g/mol. The molecule has 3 aromatic rings. The van der Waals surface area contributed by atoms with Crippen LogP contribution in [0.1, 0.15) is 13.1 Å². The standard InChI is InChI=1S/C14H14N3/c1-2-13(15)17-9-7-10-5-6-12-11(14(10)17)4-3-8-16-12/h2-9,13H,15H2,1H3. The first kappa shape index (κ1) is 10.3. The summed E-state index contributed by atoms with van der Waals surface area (Å²) >= 11 is 0. The summed E-state index contributed by atoms with van der Waals surface area (Å²) < 4.78 is 2.08. The van der Waals surface area contributed by atoms with Crippen molar-refractivity contribution < 1.29 is 0 Å². The number of hydrogen-bond donors (Lipinski definition) is 1. The van der Waals surface area contributed by atoms with E-state index in [4.69, 9.17) is 5.73 Å². The van der Waals surface area contributed by atoms with Gasteiger partial charge in [-0.1, -0.05) is 13.0 Å². The van der Waals surface area contributed by atoms with E-state index in [1.54, 1.807) is 0 Å². The minimum absolute atomic E-state index is 0.0988. The third-order valence-electron chi connectivity index (χ3n) is 3.12. The second-order valence-corrected chi connectivity index (χ2v) is 4.12. The van der Waals surface area contributed by atoms with Crippen LogP contribution in [0.3, 0.4) is 0 Å². The topological polar surface area (TPSA) is 43.8 Å². The predicted molar refractivity (Wildman–Crippen MR) is 70.4 cm³/mol. The van der Waals surface area contributed by atoms with Crippen molar-refractivity contribution in [3.05, 3.63) is 49.1 Å². The Morgan fingerprint density at radius 3 is 3.00 bits per heavy atom. The number of hydrogen-bond acceptors (Lipinski definition) is 2. The zero-order valence-corrected chi connectivity index (χ0v) is 9.67. The monoisotopic (exact) mass is 224 g/mol. The highest BCUT2D eigenvalue weighted by molar-refractivity contribution is 6.04. The molecule has 0 spiro atoms. The number of nitrogens with zero attached hydrogens (tertiary/aromatic N) is 2. The quantitative estimate of drug-likeness (QED) is 0.727. The smallest absolute Gasteiger partial charge is 0.0844 e. The summed E-state index contributed by atoms with van der Waals surface area (Å²) in [5.41, 5.74) is 8.24. The van der Waals surface area contributed by atoms with E-state index in [-0.39, 0.29) is 6.17 Å². The first-order valence-electron chi connectivity index (χ1n) is 5.70. The van der Waals surface area contributed by atoms with E-state index >= 15 is 0 Å². The Kier molecular flexibility index (Phi) is 2.34. The Morgan fingerprint density at radius 1 is 1.29 bits per heavy atom. The van der Waals surface area contributed by atoms with Crippen LogP contribution in [0.25, 0.3) is 21.8 Å². The fourth-order valence-electron chi connectivity index (χ4n) is 2.22. The van der Waals surface area contributed by atoms with Gasteiger partial charge >= 0.3 is 0 Å². The molecule has 1 radical (unpaired) electrons. The van der Waals surface area contributed by atoms with Gasteiger partial charge in [0.15, 0.2) is 0 Å². The van der Waals surface area contributed by atoms with Gasteiger partial charge in [0.2, 0.25) is 0 Å². The second kappa shape index (κ2) is 3.86. The van der Waals surface area contributed by atoms with Gasteiger partial charge < -0.3 is 10.3 Å². The van der Waals surface area contributed by atoms with E-state index in [0.29, 0.717) is 0 Å². The maximum Gasteiger partial charge on any atom is 0.0844 e. The van der Waals surface area contributed by atoms with Crippen molar-refractivity contribution in [3.8, 4) is 0 Å². The molecule has 0 aliphatic heterocycles. The lowest BCUT2D eigenvalue weighted by atomic mass is 10.1. The van der Waals surface area contributed by atoms with Gasteiger partial charge in [-0.15, -0.1) is 0 Å². The van der Waals surface area contributed by atoms with Gasteiger partial charge in [0, 0.05) is 23.2 Å². The summed E-state index contributed by atoms with van der Waals surface area (Å²) in [7, 11) is 0. The highest BCUT2D eigenvalue weighted by Crippen LogP contribution is 2.26. The third-order valence-corrected chi connectivity index (χ3v) is 3.12. The van der Waals surface area contributed by atoms with E-state index in [2.05, 4.69) is 27.8 Å². The fourth-order valence-corrected chi connectivity index (χ4v) is 2.22. The van der Waals surface area contributed by atoms with Gasteiger partial charge in [-0.3, -0.25) is 4.98 Å². The van der Waals surface area contributed by atoms with Crippen molar-refractivity contribution in [1.82, 2.24) is 9.55 Å². The van der Waals surface area contributed by atoms with E-state index in [0.717, 1.165) is 16.4 Å². The van der Waals surface area contributed by atoms with Crippen LogP contribution in [0, 0.1) is 6.42 Å². The highest BCUT2D eigenvalue weighted by Gasteiger charge is 2.09. The van der Waals surface area contributed by atoms with Crippen LogP contribution < -0.4 is 5.73 Å². The molecule has 1 aromatic carbocycles. The minimum Gasteiger partial charge on any atom is -0.331 e. The van der Waals surface area contributed by atoms with E-state index in [1.165, 1.54) is 5.39 Å². The molecule has 2 N–H and O–H groups in total. The molecule has 2 aromatic heterocycles. The lowest BCUT2D eigenvalue weighted by Crippen LogP contribution is -2.16. The molecule has 17 heavy (non-hydrogen) atoms. The van der Waals surface area contributed by atoms with Crippen LogP contribution in [0.15, 0.2) is 42.7 Å². The molecule has 3 rings (SSSR count). The van der Waals surface area contributed by atoms with Crippen molar-refractivity contribution in [2.45, 2.75) is 13.1 Å². The van der Waals surface area contributed by atoms with Crippen LogP contribution in [0.4, 0.5) is 0 Å². The molecule has 2 heterocycles. The average Bonchev–Trinajstić information content (AvgIpc) is 2.82. The molecule has 0 aliphatic rings. The molecular formula is C14H14N3. The lowest BCUT2D eigenvalue weighted by Gasteiger charge is -2.13. The number of benzene rings is 1. The minimum atomic E-state index is -0.0988. The van der Waals surface area contributed by atoms with Gasteiger partial charge in [-0.2, -0.15) is 0 Å². The first-order chi connectivity index (χ1) is 8.31. The molecule has 0 amide bonds. The number of pyridine rings is 1. The van der Waals surface area contributed by atoms with Crippen LogP contribution in [0.2, 0.25) is 0 Å². The molecule has 0 bridgehead atoms. The number of rotatable bonds is 2. The Bertz CT molecular complexity index is 669. The Hall–Kier alpha value is -1.87.